The molecule has 13 heteroatoms. The SMILES string of the molecule is CCN(CC)CC(=O)Nc1c2c(nc3ccccc13)N(Cc1ccccc1)CC2.O=C(O)C(=O)O.O=C(O)C(=O)O. The molecule has 2 heterocycles. The molecule has 218 valence electrons. The predicted octanol–water partition coefficient (Wildman–Crippen LogP) is 2.39. The number of carbonyl (C=O) groups is 5. The van der Waals surface area contributed by atoms with Crippen molar-refractivity contribution < 1.29 is 44.4 Å². The van der Waals surface area contributed by atoms with Gasteiger partial charge in [0.15, 0.2) is 0 Å². The Morgan fingerprint density at radius 3 is 1.90 bits per heavy atom. The lowest BCUT2D eigenvalue weighted by atomic mass is 10.1. The van der Waals surface area contributed by atoms with Crippen molar-refractivity contribution in [2.24, 2.45) is 0 Å². The minimum absolute atomic E-state index is 0.0359. The second kappa shape index (κ2) is 15.5. The van der Waals surface area contributed by atoms with E-state index in [0.717, 1.165) is 60.6 Å². The summed E-state index contributed by atoms with van der Waals surface area (Å²) in [5, 5.41) is 33.8. The highest BCUT2D eigenvalue weighted by atomic mass is 16.4. The minimum atomic E-state index is -1.82. The first kappa shape index (κ1) is 32.2. The van der Waals surface area contributed by atoms with Gasteiger partial charge >= 0.3 is 23.9 Å². The van der Waals surface area contributed by atoms with Gasteiger partial charge < -0.3 is 30.6 Å². The number of aliphatic carboxylic acids is 4. The summed E-state index contributed by atoms with van der Waals surface area (Å²) in [5.74, 6) is -6.27. The molecule has 2 aromatic carbocycles. The van der Waals surface area contributed by atoms with Crippen LogP contribution in [0.5, 0.6) is 0 Å². The van der Waals surface area contributed by atoms with Crippen LogP contribution in [-0.2, 0) is 36.9 Å². The quantitative estimate of drug-likeness (QED) is 0.261. The molecule has 0 saturated carbocycles. The van der Waals surface area contributed by atoms with Gasteiger partial charge in [-0.3, -0.25) is 9.69 Å². The lowest BCUT2D eigenvalue weighted by Gasteiger charge is -2.21. The molecule has 1 amide bonds. The topological polar surface area (TPSA) is 198 Å². The standard InChI is InChI=1S/C24H28N4O.2C2H2O4/c1-3-27(4-2)17-22(29)26-23-19-12-8-9-13-21(19)25-24-20(23)14-15-28(24)16-18-10-6-5-7-11-18;2*3-1(4)2(5)6/h5-13H,3-4,14-17H2,1-2H3,(H,25,26,29);2*(H,3,4)(H,5,6). The van der Waals surface area contributed by atoms with E-state index < -0.39 is 23.9 Å². The second-order valence-corrected chi connectivity index (χ2v) is 8.69. The molecular weight excluding hydrogens is 536 g/mol. The van der Waals surface area contributed by atoms with Crippen LogP contribution < -0.4 is 10.2 Å². The van der Waals surface area contributed by atoms with Crippen LogP contribution in [0.4, 0.5) is 11.5 Å². The molecule has 0 fully saturated rings. The van der Waals surface area contributed by atoms with Crippen LogP contribution in [0.2, 0.25) is 0 Å². The van der Waals surface area contributed by atoms with Crippen LogP contribution in [0.3, 0.4) is 0 Å². The van der Waals surface area contributed by atoms with Crippen LogP contribution in [-0.4, -0.2) is 86.3 Å². The maximum atomic E-state index is 12.8. The molecule has 4 rings (SSSR count). The van der Waals surface area contributed by atoms with E-state index in [1.54, 1.807) is 0 Å². The van der Waals surface area contributed by atoms with Gasteiger partial charge in [0.1, 0.15) is 5.82 Å². The number of para-hydroxylation sites is 1. The van der Waals surface area contributed by atoms with E-state index in [2.05, 4.69) is 59.3 Å². The third kappa shape index (κ3) is 9.58. The van der Waals surface area contributed by atoms with Gasteiger partial charge in [0.05, 0.1) is 17.7 Å². The molecule has 1 aliphatic heterocycles. The van der Waals surface area contributed by atoms with Crippen molar-refractivity contribution >= 4 is 52.2 Å². The fourth-order valence-electron chi connectivity index (χ4n) is 4.02. The monoisotopic (exact) mass is 568 g/mol. The fraction of sp³-hybridized carbons (Fsp3) is 0.286. The summed E-state index contributed by atoms with van der Waals surface area (Å²) in [4.78, 5) is 58.6. The van der Waals surface area contributed by atoms with Crippen LogP contribution in [0.25, 0.3) is 10.9 Å². The summed E-state index contributed by atoms with van der Waals surface area (Å²) in [6.45, 7) is 8.04. The summed E-state index contributed by atoms with van der Waals surface area (Å²) < 4.78 is 0. The number of benzene rings is 2. The predicted molar refractivity (Wildman–Crippen MR) is 150 cm³/mol. The fourth-order valence-corrected chi connectivity index (χ4v) is 4.02. The van der Waals surface area contributed by atoms with Gasteiger partial charge in [-0.2, -0.15) is 0 Å². The van der Waals surface area contributed by atoms with Crippen molar-refractivity contribution in [1.29, 1.82) is 0 Å². The van der Waals surface area contributed by atoms with Crippen LogP contribution in [0.15, 0.2) is 54.6 Å². The number of anilines is 2. The minimum Gasteiger partial charge on any atom is -0.473 e. The van der Waals surface area contributed by atoms with E-state index in [4.69, 9.17) is 44.6 Å². The van der Waals surface area contributed by atoms with Crippen molar-refractivity contribution in [1.82, 2.24) is 9.88 Å². The zero-order valence-corrected chi connectivity index (χ0v) is 22.6. The van der Waals surface area contributed by atoms with Crippen molar-refractivity contribution in [3.63, 3.8) is 0 Å². The summed E-state index contributed by atoms with van der Waals surface area (Å²) in [7, 11) is 0. The number of carboxylic acid groups (broad SMARTS) is 4. The molecule has 0 aliphatic carbocycles. The molecule has 3 aromatic rings. The highest BCUT2D eigenvalue weighted by Gasteiger charge is 2.26. The maximum absolute atomic E-state index is 12.8. The van der Waals surface area contributed by atoms with Crippen molar-refractivity contribution in [3.8, 4) is 0 Å². The van der Waals surface area contributed by atoms with Gasteiger partial charge in [-0.05, 0) is 31.1 Å². The number of nitrogens with zero attached hydrogens (tertiary/aromatic N) is 3. The number of hydrogen-bond acceptors (Lipinski definition) is 8. The molecule has 0 radical (unpaired) electrons. The zero-order valence-electron chi connectivity index (χ0n) is 22.6. The first-order valence-corrected chi connectivity index (χ1v) is 12.6. The van der Waals surface area contributed by atoms with Gasteiger partial charge in [-0.25, -0.2) is 24.2 Å². The molecule has 0 saturated heterocycles. The first-order chi connectivity index (χ1) is 19.5. The van der Waals surface area contributed by atoms with Gasteiger partial charge in [0.2, 0.25) is 5.91 Å². The molecule has 0 bridgehead atoms. The number of rotatable bonds is 7. The van der Waals surface area contributed by atoms with Crippen molar-refractivity contribution in [2.75, 3.05) is 36.4 Å². The molecule has 1 aliphatic rings. The molecule has 0 spiro atoms. The van der Waals surface area contributed by atoms with E-state index in [0.29, 0.717) is 6.54 Å². The van der Waals surface area contributed by atoms with Crippen LogP contribution in [0.1, 0.15) is 25.0 Å². The average molecular weight is 569 g/mol. The zero-order chi connectivity index (χ0) is 30.5. The smallest absolute Gasteiger partial charge is 0.414 e. The maximum Gasteiger partial charge on any atom is 0.414 e. The Hall–Kier alpha value is -5.04. The van der Waals surface area contributed by atoms with E-state index in [1.165, 1.54) is 5.56 Å². The van der Waals surface area contributed by atoms with Gasteiger partial charge in [0.25, 0.3) is 0 Å². The summed E-state index contributed by atoms with van der Waals surface area (Å²) in [5.41, 5.74) is 4.26. The van der Waals surface area contributed by atoms with E-state index >= 15 is 0 Å². The summed E-state index contributed by atoms with van der Waals surface area (Å²) in [6, 6.07) is 18.5. The van der Waals surface area contributed by atoms with Gasteiger partial charge in [-0.1, -0.05) is 62.4 Å². The van der Waals surface area contributed by atoms with Crippen molar-refractivity contribution in [3.05, 3.63) is 65.7 Å². The van der Waals surface area contributed by atoms with Gasteiger partial charge in [0, 0.05) is 24.0 Å². The molecular formula is C28H32N4O9. The van der Waals surface area contributed by atoms with Crippen molar-refractivity contribution in [2.45, 2.75) is 26.8 Å². The Kier molecular flexibility index (Phi) is 12.2. The largest absolute Gasteiger partial charge is 0.473 e. The molecule has 41 heavy (non-hydrogen) atoms. The first-order valence-electron chi connectivity index (χ1n) is 12.6. The summed E-state index contributed by atoms with van der Waals surface area (Å²) >= 11 is 0. The molecule has 0 unspecified atom stereocenters. The van der Waals surface area contributed by atoms with E-state index in [1.807, 2.05) is 24.3 Å². The molecule has 1 aromatic heterocycles. The number of carbonyl (C=O) groups excluding carboxylic acids is 1. The number of likely N-dealkylation sites (N-methyl/N-ethyl adjacent to an activating group) is 1. The Morgan fingerprint density at radius 1 is 0.829 bits per heavy atom. The third-order valence-electron chi connectivity index (χ3n) is 6.01. The lowest BCUT2D eigenvalue weighted by Crippen LogP contribution is -2.33. The Morgan fingerprint density at radius 2 is 1.37 bits per heavy atom. The van der Waals surface area contributed by atoms with Crippen LogP contribution >= 0.6 is 0 Å². The van der Waals surface area contributed by atoms with E-state index in [9.17, 15) is 4.79 Å². The Balaban J connectivity index is 0.000000413. The van der Waals surface area contributed by atoms with Gasteiger partial charge in [-0.15, -0.1) is 0 Å². The Labute approximate surface area is 235 Å². The number of aromatic nitrogens is 1. The molecule has 13 nitrogen and oxygen atoms in total. The summed E-state index contributed by atoms with van der Waals surface area (Å²) in [6.07, 6.45) is 0.890. The normalized spacial score (nSPS) is 11.4. The number of nitrogens with one attached hydrogen (secondary N) is 1. The number of amides is 1. The average Bonchev–Trinajstić information content (AvgIpc) is 3.34. The Bertz CT molecular complexity index is 1340. The highest BCUT2D eigenvalue weighted by molar-refractivity contribution is 6.27. The molecule has 0 atom stereocenters. The lowest BCUT2D eigenvalue weighted by molar-refractivity contribution is -0.159. The van der Waals surface area contributed by atoms with E-state index in [-0.39, 0.29) is 5.91 Å². The number of pyridine rings is 1. The number of fused-ring (bicyclic) bond motifs is 2. The number of carboxylic acids is 4. The third-order valence-corrected chi connectivity index (χ3v) is 6.01. The molecule has 5 N–H and O–H groups in total. The second-order valence-electron chi connectivity index (χ2n) is 8.69. The number of hydrogen-bond donors (Lipinski definition) is 5. The highest BCUT2D eigenvalue weighted by Crippen LogP contribution is 2.38. The van der Waals surface area contributed by atoms with Crippen LogP contribution in [0, 0.1) is 0 Å².